The van der Waals surface area contributed by atoms with Gasteiger partial charge in [-0.1, -0.05) is 44.0 Å². The second-order valence-corrected chi connectivity index (χ2v) is 7.57. The number of hydrogen-bond donors (Lipinski definition) is 0. The lowest BCUT2D eigenvalue weighted by Gasteiger charge is -2.12. The molecule has 0 fully saturated rings. The van der Waals surface area contributed by atoms with E-state index in [0.717, 1.165) is 22.9 Å². The summed E-state index contributed by atoms with van der Waals surface area (Å²) in [5.41, 5.74) is 4.30. The maximum absolute atomic E-state index is 12.5. The summed E-state index contributed by atoms with van der Waals surface area (Å²) >= 11 is 0. The molecule has 0 spiro atoms. The number of carbonyl (C=O) groups is 1. The van der Waals surface area contributed by atoms with E-state index in [9.17, 15) is 9.59 Å². The van der Waals surface area contributed by atoms with E-state index in [4.69, 9.17) is 9.15 Å². The molecule has 0 unspecified atom stereocenters. The summed E-state index contributed by atoms with van der Waals surface area (Å²) in [6.07, 6.45) is 4.63. The highest BCUT2D eigenvalue weighted by Crippen LogP contribution is 2.29. The van der Waals surface area contributed by atoms with Gasteiger partial charge in [0.05, 0.1) is 0 Å². The predicted octanol–water partition coefficient (Wildman–Crippen LogP) is 5.71. The van der Waals surface area contributed by atoms with Crippen molar-refractivity contribution < 1.29 is 13.9 Å². The van der Waals surface area contributed by atoms with Gasteiger partial charge in [-0.3, -0.25) is 4.79 Å². The molecule has 4 nitrogen and oxygen atoms in total. The standard InChI is InChI=1S/C25H28O4/c1-5-6-7-8-19-9-11-20(12-10-19)22(26)15-28-23-14-13-21-16(2)17(3)25(27)29-24(21)18(23)4/h9-14H,5-8,15H2,1-4H3. The highest BCUT2D eigenvalue weighted by Gasteiger charge is 2.14. The molecule has 1 aromatic heterocycles. The Morgan fingerprint density at radius 2 is 1.66 bits per heavy atom. The summed E-state index contributed by atoms with van der Waals surface area (Å²) < 4.78 is 11.2. The number of ether oxygens (including phenoxy) is 1. The van der Waals surface area contributed by atoms with Crippen LogP contribution in [0.2, 0.25) is 0 Å². The van der Waals surface area contributed by atoms with Crippen LogP contribution in [0.4, 0.5) is 0 Å². The van der Waals surface area contributed by atoms with E-state index in [0.29, 0.717) is 22.5 Å². The summed E-state index contributed by atoms with van der Waals surface area (Å²) in [4.78, 5) is 24.5. The molecule has 1 heterocycles. The van der Waals surface area contributed by atoms with Gasteiger partial charge < -0.3 is 9.15 Å². The Morgan fingerprint density at radius 3 is 2.34 bits per heavy atom. The van der Waals surface area contributed by atoms with Crippen molar-refractivity contribution >= 4 is 16.8 Å². The smallest absolute Gasteiger partial charge is 0.339 e. The Bertz CT molecular complexity index is 1070. The van der Waals surface area contributed by atoms with Crippen molar-refractivity contribution in [3.8, 4) is 5.75 Å². The zero-order chi connectivity index (χ0) is 21.0. The van der Waals surface area contributed by atoms with Crippen molar-refractivity contribution in [3.05, 3.63) is 74.6 Å². The number of hydrogen-bond acceptors (Lipinski definition) is 4. The monoisotopic (exact) mass is 392 g/mol. The average Bonchev–Trinajstić information content (AvgIpc) is 2.72. The molecular formula is C25H28O4. The zero-order valence-corrected chi connectivity index (χ0v) is 17.6. The Labute approximate surface area is 171 Å². The van der Waals surface area contributed by atoms with Crippen LogP contribution in [0, 0.1) is 20.8 Å². The first-order chi connectivity index (χ1) is 13.9. The molecule has 0 bridgehead atoms. The highest BCUT2D eigenvalue weighted by molar-refractivity contribution is 5.97. The molecule has 0 saturated carbocycles. The first-order valence-electron chi connectivity index (χ1n) is 10.2. The maximum Gasteiger partial charge on any atom is 0.339 e. The van der Waals surface area contributed by atoms with Crippen LogP contribution in [0.15, 0.2) is 45.6 Å². The van der Waals surface area contributed by atoms with Gasteiger partial charge in [0.15, 0.2) is 12.4 Å². The van der Waals surface area contributed by atoms with E-state index in [-0.39, 0.29) is 18.0 Å². The molecule has 3 aromatic rings. The fourth-order valence-electron chi connectivity index (χ4n) is 3.44. The molecule has 0 atom stereocenters. The fourth-order valence-corrected chi connectivity index (χ4v) is 3.44. The van der Waals surface area contributed by atoms with Crippen molar-refractivity contribution in [2.45, 2.75) is 53.4 Å². The van der Waals surface area contributed by atoms with E-state index in [1.165, 1.54) is 24.8 Å². The second kappa shape index (κ2) is 9.08. The van der Waals surface area contributed by atoms with E-state index in [1.54, 1.807) is 6.92 Å². The average molecular weight is 392 g/mol. The van der Waals surface area contributed by atoms with Crippen molar-refractivity contribution in [1.29, 1.82) is 0 Å². The SMILES string of the molecule is CCCCCc1ccc(C(=O)COc2ccc3c(C)c(C)c(=O)oc3c2C)cc1. The molecule has 0 N–H and O–H groups in total. The lowest BCUT2D eigenvalue weighted by Crippen LogP contribution is -2.12. The van der Waals surface area contributed by atoms with Crippen LogP contribution in [0.5, 0.6) is 5.75 Å². The molecule has 2 aromatic carbocycles. The van der Waals surface area contributed by atoms with Crippen LogP contribution in [-0.4, -0.2) is 12.4 Å². The third-order valence-corrected chi connectivity index (χ3v) is 5.53. The number of unbranched alkanes of at least 4 members (excludes halogenated alkanes) is 2. The number of fused-ring (bicyclic) bond motifs is 1. The van der Waals surface area contributed by atoms with Gasteiger partial charge in [-0.25, -0.2) is 4.79 Å². The molecule has 152 valence electrons. The van der Waals surface area contributed by atoms with Gasteiger partial charge in [0, 0.05) is 22.1 Å². The van der Waals surface area contributed by atoms with E-state index in [2.05, 4.69) is 6.92 Å². The Hall–Kier alpha value is -2.88. The summed E-state index contributed by atoms with van der Waals surface area (Å²) in [6.45, 7) is 7.63. The number of Topliss-reactive ketones (excluding diaryl/α,β-unsaturated/α-hetero) is 1. The van der Waals surface area contributed by atoms with Crippen LogP contribution in [0.1, 0.15) is 58.8 Å². The van der Waals surface area contributed by atoms with Crippen LogP contribution < -0.4 is 10.4 Å². The van der Waals surface area contributed by atoms with Crippen LogP contribution in [-0.2, 0) is 6.42 Å². The number of rotatable bonds is 8. The van der Waals surface area contributed by atoms with Crippen LogP contribution in [0.25, 0.3) is 11.0 Å². The summed E-state index contributed by atoms with van der Waals surface area (Å²) in [5.74, 6) is 0.472. The Balaban J connectivity index is 1.71. The second-order valence-electron chi connectivity index (χ2n) is 7.57. The lowest BCUT2D eigenvalue weighted by molar-refractivity contribution is 0.0921. The molecular weight excluding hydrogens is 364 g/mol. The van der Waals surface area contributed by atoms with Crippen molar-refractivity contribution in [3.63, 3.8) is 0 Å². The zero-order valence-electron chi connectivity index (χ0n) is 17.6. The molecule has 3 rings (SSSR count). The first-order valence-corrected chi connectivity index (χ1v) is 10.2. The third-order valence-electron chi connectivity index (χ3n) is 5.53. The number of benzene rings is 2. The van der Waals surface area contributed by atoms with E-state index < -0.39 is 0 Å². The van der Waals surface area contributed by atoms with Crippen molar-refractivity contribution in [2.24, 2.45) is 0 Å². The molecule has 4 heteroatoms. The Kier molecular flexibility index (Phi) is 6.53. The van der Waals surface area contributed by atoms with Gasteiger partial charge in [0.1, 0.15) is 11.3 Å². The van der Waals surface area contributed by atoms with Gasteiger partial charge in [0.2, 0.25) is 0 Å². The molecule has 0 aliphatic carbocycles. The maximum atomic E-state index is 12.5. The van der Waals surface area contributed by atoms with Gasteiger partial charge in [-0.05, 0) is 56.9 Å². The van der Waals surface area contributed by atoms with Gasteiger partial charge in [-0.15, -0.1) is 0 Å². The number of ketones is 1. The molecule has 0 aliphatic heterocycles. The number of aryl methyl sites for hydroxylation is 3. The van der Waals surface area contributed by atoms with Gasteiger partial charge >= 0.3 is 5.63 Å². The van der Waals surface area contributed by atoms with Gasteiger partial charge in [0.25, 0.3) is 0 Å². The molecule has 29 heavy (non-hydrogen) atoms. The van der Waals surface area contributed by atoms with Gasteiger partial charge in [-0.2, -0.15) is 0 Å². The highest BCUT2D eigenvalue weighted by atomic mass is 16.5. The van der Waals surface area contributed by atoms with Crippen molar-refractivity contribution in [1.82, 2.24) is 0 Å². The fraction of sp³-hybridized carbons (Fsp3) is 0.360. The minimum atomic E-state index is -0.342. The quantitative estimate of drug-likeness (QED) is 0.280. The summed E-state index contributed by atoms with van der Waals surface area (Å²) in [6, 6.07) is 11.5. The molecule has 0 aliphatic rings. The Morgan fingerprint density at radius 1 is 0.931 bits per heavy atom. The van der Waals surface area contributed by atoms with E-state index in [1.807, 2.05) is 50.2 Å². The minimum absolute atomic E-state index is 0.0589. The molecule has 0 radical (unpaired) electrons. The van der Waals surface area contributed by atoms with Crippen LogP contribution in [0.3, 0.4) is 0 Å². The predicted molar refractivity (Wildman–Crippen MR) is 116 cm³/mol. The van der Waals surface area contributed by atoms with Crippen LogP contribution >= 0.6 is 0 Å². The molecule has 0 saturated heterocycles. The summed E-state index contributed by atoms with van der Waals surface area (Å²) in [7, 11) is 0. The minimum Gasteiger partial charge on any atom is -0.485 e. The molecule has 0 amide bonds. The largest absolute Gasteiger partial charge is 0.485 e. The summed E-state index contributed by atoms with van der Waals surface area (Å²) in [5, 5.41) is 0.886. The topological polar surface area (TPSA) is 56.5 Å². The normalized spacial score (nSPS) is 11.0. The number of carbonyl (C=O) groups excluding carboxylic acids is 1. The third kappa shape index (κ3) is 4.58. The van der Waals surface area contributed by atoms with Crippen molar-refractivity contribution in [2.75, 3.05) is 6.61 Å². The first kappa shape index (κ1) is 20.8. The lowest BCUT2D eigenvalue weighted by atomic mass is 10.0. The van der Waals surface area contributed by atoms with E-state index >= 15 is 0 Å².